The molecule has 0 bridgehead atoms. The van der Waals surface area contributed by atoms with Gasteiger partial charge in [-0.1, -0.05) is 0 Å². The van der Waals surface area contributed by atoms with Gasteiger partial charge in [-0.25, -0.2) is 5.84 Å². The molecule has 8 heteroatoms. The van der Waals surface area contributed by atoms with E-state index in [0.29, 0.717) is 36.8 Å². The topological polar surface area (TPSA) is 124 Å². The first-order valence-electron chi connectivity index (χ1n) is 6.24. The van der Waals surface area contributed by atoms with Crippen molar-refractivity contribution >= 4 is 11.8 Å². The number of amides is 2. The zero-order valence-corrected chi connectivity index (χ0v) is 11.2. The van der Waals surface area contributed by atoms with Gasteiger partial charge in [-0.15, -0.1) is 0 Å². The van der Waals surface area contributed by atoms with Gasteiger partial charge in [0.25, 0.3) is 5.91 Å². The van der Waals surface area contributed by atoms with Crippen LogP contribution in [0, 0.1) is 6.92 Å². The predicted molar refractivity (Wildman–Crippen MR) is 69.3 cm³/mol. The lowest BCUT2D eigenvalue weighted by Gasteiger charge is -2.32. The zero-order valence-electron chi connectivity index (χ0n) is 11.2. The number of primary amides is 1. The molecular formula is C12H18N4O4. The number of nitrogens with two attached hydrogens (primary N) is 2. The summed E-state index contributed by atoms with van der Waals surface area (Å²) in [7, 11) is 0. The Morgan fingerprint density at radius 3 is 2.95 bits per heavy atom. The highest BCUT2D eigenvalue weighted by Crippen LogP contribution is 2.18. The molecule has 0 aromatic carbocycles. The third kappa shape index (κ3) is 2.98. The summed E-state index contributed by atoms with van der Waals surface area (Å²) >= 11 is 0. The Kier molecular flexibility index (Phi) is 4.38. The third-order valence-corrected chi connectivity index (χ3v) is 3.27. The number of hydrogen-bond donors (Lipinski definition) is 3. The van der Waals surface area contributed by atoms with E-state index < -0.39 is 17.9 Å². The van der Waals surface area contributed by atoms with E-state index in [2.05, 4.69) is 5.43 Å². The summed E-state index contributed by atoms with van der Waals surface area (Å²) in [5.41, 5.74) is 7.78. The Morgan fingerprint density at radius 1 is 1.55 bits per heavy atom. The summed E-state index contributed by atoms with van der Waals surface area (Å²) in [5.74, 6) is 5.31. The second-order valence-corrected chi connectivity index (χ2v) is 4.62. The van der Waals surface area contributed by atoms with E-state index >= 15 is 0 Å². The maximum atomic E-state index is 11.5. The van der Waals surface area contributed by atoms with Crippen LogP contribution < -0.4 is 17.0 Å². The molecule has 1 atom stereocenters. The Labute approximate surface area is 116 Å². The molecule has 1 aromatic rings. The average molecular weight is 282 g/mol. The summed E-state index contributed by atoms with van der Waals surface area (Å²) in [6.07, 6.45) is 0. The fourth-order valence-electron chi connectivity index (χ4n) is 2.21. The average Bonchev–Trinajstić information content (AvgIpc) is 2.79. The van der Waals surface area contributed by atoms with Crippen molar-refractivity contribution in [3.63, 3.8) is 0 Å². The van der Waals surface area contributed by atoms with Crippen molar-refractivity contribution in [2.75, 3.05) is 19.8 Å². The van der Waals surface area contributed by atoms with Gasteiger partial charge in [-0.05, 0) is 13.0 Å². The molecule has 1 fully saturated rings. The highest BCUT2D eigenvalue weighted by molar-refractivity contribution is 5.94. The lowest BCUT2D eigenvalue weighted by Crippen LogP contribution is -2.51. The largest absolute Gasteiger partial charge is 0.464 e. The summed E-state index contributed by atoms with van der Waals surface area (Å²) in [4.78, 5) is 24.7. The number of furan rings is 1. The zero-order chi connectivity index (χ0) is 14.7. The van der Waals surface area contributed by atoms with E-state index in [1.807, 2.05) is 4.90 Å². The highest BCUT2D eigenvalue weighted by atomic mass is 16.5. The highest BCUT2D eigenvalue weighted by Gasteiger charge is 2.28. The normalized spacial score (nSPS) is 19.8. The van der Waals surface area contributed by atoms with Crippen LogP contribution in [0.4, 0.5) is 0 Å². The first-order valence-corrected chi connectivity index (χ1v) is 6.24. The molecule has 2 amide bonds. The van der Waals surface area contributed by atoms with E-state index in [4.69, 9.17) is 20.7 Å². The van der Waals surface area contributed by atoms with E-state index in [0.717, 1.165) is 0 Å². The minimum Gasteiger partial charge on any atom is -0.464 e. The van der Waals surface area contributed by atoms with Gasteiger partial charge in [0.2, 0.25) is 5.91 Å². The summed E-state index contributed by atoms with van der Waals surface area (Å²) in [5, 5.41) is 0. The number of carbonyl (C=O) groups excluding carboxylic acids is 2. The smallest absolute Gasteiger partial charge is 0.268 e. The van der Waals surface area contributed by atoms with Crippen LogP contribution in [0.2, 0.25) is 0 Å². The Balaban J connectivity index is 2.12. The van der Waals surface area contributed by atoms with Crippen molar-refractivity contribution in [1.29, 1.82) is 0 Å². The molecule has 1 aromatic heterocycles. The van der Waals surface area contributed by atoms with Crippen LogP contribution in [0.1, 0.15) is 21.9 Å². The molecule has 8 nitrogen and oxygen atoms in total. The number of morpholine rings is 1. The van der Waals surface area contributed by atoms with Crippen LogP contribution >= 0.6 is 0 Å². The van der Waals surface area contributed by atoms with Crippen molar-refractivity contribution in [1.82, 2.24) is 10.3 Å². The summed E-state index contributed by atoms with van der Waals surface area (Å²) < 4.78 is 10.8. The second kappa shape index (κ2) is 6.04. The molecule has 5 N–H and O–H groups in total. The molecule has 0 radical (unpaired) electrons. The fourth-order valence-corrected chi connectivity index (χ4v) is 2.21. The minimum atomic E-state index is -0.485. The Morgan fingerprint density at radius 2 is 2.30 bits per heavy atom. The van der Waals surface area contributed by atoms with Gasteiger partial charge < -0.3 is 14.9 Å². The number of aryl methyl sites for hydroxylation is 1. The van der Waals surface area contributed by atoms with E-state index in [1.165, 1.54) is 0 Å². The van der Waals surface area contributed by atoms with Crippen LogP contribution in [0.25, 0.3) is 0 Å². The molecule has 0 aliphatic carbocycles. The van der Waals surface area contributed by atoms with Crippen molar-refractivity contribution in [2.24, 2.45) is 11.6 Å². The quantitative estimate of drug-likeness (QED) is 0.365. The SMILES string of the molecule is Cc1oc(CN2CCOCC2C(N)=O)cc1C(=O)NN. The van der Waals surface area contributed by atoms with Crippen molar-refractivity contribution < 1.29 is 18.7 Å². The third-order valence-electron chi connectivity index (χ3n) is 3.27. The summed E-state index contributed by atoms with van der Waals surface area (Å²) in [6.45, 7) is 3.44. The van der Waals surface area contributed by atoms with Gasteiger partial charge in [0, 0.05) is 6.54 Å². The molecule has 1 aliphatic rings. The number of hydrogen-bond acceptors (Lipinski definition) is 6. The van der Waals surface area contributed by atoms with Crippen molar-refractivity contribution in [3.05, 3.63) is 23.2 Å². The van der Waals surface area contributed by atoms with Gasteiger partial charge in [-0.3, -0.25) is 19.9 Å². The predicted octanol–water partition coefficient (Wildman–Crippen LogP) is -1.12. The van der Waals surface area contributed by atoms with Gasteiger partial charge in [0.05, 0.1) is 25.3 Å². The molecule has 1 unspecified atom stereocenters. The van der Waals surface area contributed by atoms with Gasteiger partial charge in [0.15, 0.2) is 0 Å². The van der Waals surface area contributed by atoms with Crippen LogP contribution in [0.3, 0.4) is 0 Å². The van der Waals surface area contributed by atoms with Gasteiger partial charge >= 0.3 is 0 Å². The first-order chi connectivity index (χ1) is 9.52. The number of rotatable bonds is 4. The molecular weight excluding hydrogens is 264 g/mol. The van der Waals surface area contributed by atoms with E-state index in [1.54, 1.807) is 13.0 Å². The monoisotopic (exact) mass is 282 g/mol. The lowest BCUT2D eigenvalue weighted by atomic mass is 10.2. The maximum Gasteiger partial charge on any atom is 0.268 e. The van der Waals surface area contributed by atoms with E-state index in [-0.39, 0.29) is 6.61 Å². The Bertz CT molecular complexity index is 514. The molecule has 110 valence electrons. The van der Waals surface area contributed by atoms with Crippen LogP contribution in [-0.4, -0.2) is 42.5 Å². The number of hydrazine groups is 1. The van der Waals surface area contributed by atoms with Crippen LogP contribution in [0.15, 0.2) is 10.5 Å². The maximum absolute atomic E-state index is 11.5. The summed E-state index contributed by atoms with van der Waals surface area (Å²) in [6, 6.07) is 1.13. The molecule has 0 saturated carbocycles. The molecule has 1 aliphatic heterocycles. The minimum absolute atomic E-state index is 0.269. The number of nitrogens with zero attached hydrogens (tertiary/aromatic N) is 1. The number of ether oxygens (including phenoxy) is 1. The second-order valence-electron chi connectivity index (χ2n) is 4.62. The van der Waals surface area contributed by atoms with E-state index in [9.17, 15) is 9.59 Å². The Hall–Kier alpha value is -1.90. The standard InChI is InChI=1S/C12H18N4O4/c1-7-9(12(18)15-14)4-8(20-7)5-16-2-3-19-6-10(16)11(13)17/h4,10H,2-3,5-6,14H2,1H3,(H2,13,17)(H,15,18). The molecule has 2 rings (SSSR count). The van der Waals surface area contributed by atoms with Crippen LogP contribution in [0.5, 0.6) is 0 Å². The molecule has 20 heavy (non-hydrogen) atoms. The first kappa shape index (κ1) is 14.5. The van der Waals surface area contributed by atoms with Crippen LogP contribution in [-0.2, 0) is 16.1 Å². The van der Waals surface area contributed by atoms with Gasteiger partial charge in [-0.2, -0.15) is 0 Å². The molecule has 0 spiro atoms. The molecule has 2 heterocycles. The molecule has 1 saturated heterocycles. The van der Waals surface area contributed by atoms with Crippen molar-refractivity contribution in [3.8, 4) is 0 Å². The number of nitrogens with one attached hydrogen (secondary N) is 1. The van der Waals surface area contributed by atoms with Crippen molar-refractivity contribution in [2.45, 2.75) is 19.5 Å². The van der Waals surface area contributed by atoms with Gasteiger partial charge in [0.1, 0.15) is 17.6 Å². The number of nitrogen functional groups attached to an aromatic ring is 1. The fraction of sp³-hybridized carbons (Fsp3) is 0.500. The number of carbonyl (C=O) groups is 2. The lowest BCUT2D eigenvalue weighted by molar-refractivity contribution is -0.129.